The predicted octanol–water partition coefficient (Wildman–Crippen LogP) is 2.33. The Morgan fingerprint density at radius 2 is 2.33 bits per heavy atom. The molecule has 1 aromatic heterocycles. The van der Waals surface area contributed by atoms with Gasteiger partial charge in [0.1, 0.15) is 5.75 Å². The number of aromatic amines is 1. The first kappa shape index (κ1) is 11.3. The molecule has 0 amide bonds. The van der Waals surface area contributed by atoms with E-state index in [-0.39, 0.29) is 0 Å². The minimum absolute atomic E-state index is 0.365. The van der Waals surface area contributed by atoms with E-state index < -0.39 is 0 Å². The first-order valence-electron chi connectivity index (χ1n) is 6.28. The molecule has 2 aromatic rings. The molecule has 0 unspecified atom stereocenters. The van der Waals surface area contributed by atoms with Crippen molar-refractivity contribution in [3.63, 3.8) is 0 Å². The summed E-state index contributed by atoms with van der Waals surface area (Å²) < 4.78 is 5.66. The third-order valence-electron chi connectivity index (χ3n) is 3.43. The first-order chi connectivity index (χ1) is 8.84. The highest BCUT2D eigenvalue weighted by Crippen LogP contribution is 2.31. The Morgan fingerprint density at radius 1 is 1.44 bits per heavy atom. The number of nitrogens with zero attached hydrogens (tertiary/aromatic N) is 1. The number of hydrogen-bond acceptors (Lipinski definition) is 3. The third kappa shape index (κ3) is 2.11. The Bertz CT molecular complexity index is 535. The number of para-hydroxylation sites is 1. The molecule has 1 aliphatic rings. The molecule has 0 fully saturated rings. The van der Waals surface area contributed by atoms with Gasteiger partial charge in [0.15, 0.2) is 0 Å². The van der Waals surface area contributed by atoms with Gasteiger partial charge < -0.3 is 10.1 Å². The molecular formula is C14H17N3O. The summed E-state index contributed by atoms with van der Waals surface area (Å²) >= 11 is 0. The zero-order valence-electron chi connectivity index (χ0n) is 10.4. The highest BCUT2D eigenvalue weighted by atomic mass is 16.5. The molecule has 4 heteroatoms. The van der Waals surface area contributed by atoms with E-state index in [1.165, 1.54) is 11.1 Å². The number of H-pyrrole nitrogens is 1. The normalized spacial score (nSPS) is 18.2. The zero-order chi connectivity index (χ0) is 12.4. The number of aromatic nitrogens is 2. The third-order valence-corrected chi connectivity index (χ3v) is 3.43. The zero-order valence-corrected chi connectivity index (χ0v) is 10.4. The standard InChI is InChI=1S/C14H17N3O/c1-10-11(9-16-17-10)8-15-13-6-7-18-14-5-3-2-4-12(13)14/h2-5,9,13,15H,6-8H2,1H3,(H,16,17)/t13-/m0/s1. The van der Waals surface area contributed by atoms with Crippen molar-refractivity contribution in [3.8, 4) is 5.75 Å². The number of fused-ring (bicyclic) bond motifs is 1. The minimum Gasteiger partial charge on any atom is -0.493 e. The van der Waals surface area contributed by atoms with Crippen molar-refractivity contribution in [2.24, 2.45) is 0 Å². The average molecular weight is 243 g/mol. The Labute approximate surface area is 106 Å². The van der Waals surface area contributed by atoms with Gasteiger partial charge in [-0.2, -0.15) is 5.10 Å². The lowest BCUT2D eigenvalue weighted by atomic mass is 10.0. The fourth-order valence-electron chi connectivity index (χ4n) is 2.34. The molecule has 18 heavy (non-hydrogen) atoms. The van der Waals surface area contributed by atoms with Crippen LogP contribution < -0.4 is 10.1 Å². The maximum Gasteiger partial charge on any atom is 0.124 e. The number of nitrogens with one attached hydrogen (secondary N) is 2. The summed E-state index contributed by atoms with van der Waals surface area (Å²) in [6.45, 7) is 3.66. The van der Waals surface area contributed by atoms with E-state index in [1.807, 2.05) is 25.3 Å². The SMILES string of the molecule is Cc1[nH]ncc1CN[C@H]1CCOc2ccccc21. The van der Waals surface area contributed by atoms with Crippen LogP contribution in [0.3, 0.4) is 0 Å². The van der Waals surface area contributed by atoms with Gasteiger partial charge in [0.2, 0.25) is 0 Å². The van der Waals surface area contributed by atoms with E-state index in [0.717, 1.165) is 31.0 Å². The van der Waals surface area contributed by atoms with E-state index in [0.29, 0.717) is 6.04 Å². The van der Waals surface area contributed by atoms with Gasteiger partial charge in [0.25, 0.3) is 0 Å². The van der Waals surface area contributed by atoms with Crippen molar-refractivity contribution >= 4 is 0 Å². The van der Waals surface area contributed by atoms with Crippen LogP contribution >= 0.6 is 0 Å². The van der Waals surface area contributed by atoms with Gasteiger partial charge in [0, 0.05) is 35.8 Å². The molecule has 0 saturated carbocycles. The summed E-state index contributed by atoms with van der Waals surface area (Å²) in [7, 11) is 0. The van der Waals surface area contributed by atoms with Gasteiger partial charge in [-0.3, -0.25) is 5.10 Å². The van der Waals surface area contributed by atoms with Gasteiger partial charge in [-0.25, -0.2) is 0 Å². The minimum atomic E-state index is 0.365. The number of aryl methyl sites for hydroxylation is 1. The first-order valence-corrected chi connectivity index (χ1v) is 6.28. The quantitative estimate of drug-likeness (QED) is 0.870. The van der Waals surface area contributed by atoms with Gasteiger partial charge in [-0.15, -0.1) is 0 Å². The van der Waals surface area contributed by atoms with E-state index in [1.54, 1.807) is 0 Å². The summed E-state index contributed by atoms with van der Waals surface area (Å²) in [5.74, 6) is 1.00. The summed E-state index contributed by atoms with van der Waals surface area (Å²) in [4.78, 5) is 0. The van der Waals surface area contributed by atoms with Crippen molar-refractivity contribution in [2.75, 3.05) is 6.61 Å². The van der Waals surface area contributed by atoms with Gasteiger partial charge in [-0.05, 0) is 13.0 Å². The van der Waals surface area contributed by atoms with Crippen molar-refractivity contribution in [3.05, 3.63) is 47.3 Å². The van der Waals surface area contributed by atoms with Crippen molar-refractivity contribution in [2.45, 2.75) is 25.9 Å². The Kier molecular flexibility index (Phi) is 3.02. The monoisotopic (exact) mass is 243 g/mol. The second-order valence-electron chi connectivity index (χ2n) is 4.63. The molecule has 2 heterocycles. The van der Waals surface area contributed by atoms with Crippen LogP contribution in [0.15, 0.2) is 30.5 Å². The molecule has 1 aromatic carbocycles. The van der Waals surface area contributed by atoms with Crippen LogP contribution in [-0.4, -0.2) is 16.8 Å². The largest absolute Gasteiger partial charge is 0.493 e. The predicted molar refractivity (Wildman–Crippen MR) is 69.5 cm³/mol. The molecule has 0 bridgehead atoms. The second kappa shape index (κ2) is 4.82. The second-order valence-corrected chi connectivity index (χ2v) is 4.63. The fraction of sp³-hybridized carbons (Fsp3) is 0.357. The molecule has 4 nitrogen and oxygen atoms in total. The molecule has 1 atom stereocenters. The summed E-state index contributed by atoms with van der Waals surface area (Å²) in [6, 6.07) is 8.61. The number of rotatable bonds is 3. The molecular weight excluding hydrogens is 226 g/mol. The lowest BCUT2D eigenvalue weighted by Crippen LogP contribution is -2.26. The topological polar surface area (TPSA) is 49.9 Å². The summed E-state index contributed by atoms with van der Waals surface area (Å²) in [5, 5.41) is 10.6. The highest BCUT2D eigenvalue weighted by molar-refractivity contribution is 5.37. The summed E-state index contributed by atoms with van der Waals surface area (Å²) in [6.07, 6.45) is 2.89. The summed E-state index contributed by atoms with van der Waals surface area (Å²) in [5.41, 5.74) is 3.60. The Balaban J connectivity index is 1.73. The van der Waals surface area contributed by atoms with Crippen LogP contribution in [0.25, 0.3) is 0 Å². The molecule has 1 aliphatic heterocycles. The number of ether oxygens (including phenoxy) is 1. The number of benzene rings is 1. The van der Waals surface area contributed by atoms with Crippen molar-refractivity contribution in [1.82, 2.24) is 15.5 Å². The lowest BCUT2D eigenvalue weighted by Gasteiger charge is -2.26. The molecule has 0 aliphatic carbocycles. The van der Waals surface area contributed by atoms with Crippen molar-refractivity contribution in [1.29, 1.82) is 0 Å². The molecule has 2 N–H and O–H groups in total. The van der Waals surface area contributed by atoms with E-state index in [4.69, 9.17) is 4.74 Å². The Hall–Kier alpha value is -1.81. The van der Waals surface area contributed by atoms with Crippen LogP contribution in [0.4, 0.5) is 0 Å². The Morgan fingerprint density at radius 3 is 3.17 bits per heavy atom. The number of hydrogen-bond donors (Lipinski definition) is 2. The van der Waals surface area contributed by atoms with Crippen LogP contribution in [0.5, 0.6) is 5.75 Å². The molecule has 94 valence electrons. The molecule has 0 radical (unpaired) electrons. The fourth-order valence-corrected chi connectivity index (χ4v) is 2.34. The highest BCUT2D eigenvalue weighted by Gasteiger charge is 2.20. The lowest BCUT2D eigenvalue weighted by molar-refractivity contribution is 0.252. The average Bonchev–Trinajstić information content (AvgIpc) is 2.82. The molecule has 3 rings (SSSR count). The van der Waals surface area contributed by atoms with Crippen LogP contribution in [0.1, 0.15) is 29.3 Å². The van der Waals surface area contributed by atoms with Crippen LogP contribution in [-0.2, 0) is 6.54 Å². The van der Waals surface area contributed by atoms with E-state index >= 15 is 0 Å². The van der Waals surface area contributed by atoms with Gasteiger partial charge in [-0.1, -0.05) is 18.2 Å². The van der Waals surface area contributed by atoms with Gasteiger partial charge >= 0.3 is 0 Å². The maximum atomic E-state index is 5.66. The van der Waals surface area contributed by atoms with Crippen molar-refractivity contribution < 1.29 is 4.74 Å². The molecule has 0 spiro atoms. The van der Waals surface area contributed by atoms with Crippen LogP contribution in [0, 0.1) is 6.92 Å². The maximum absolute atomic E-state index is 5.66. The van der Waals surface area contributed by atoms with Gasteiger partial charge in [0.05, 0.1) is 12.8 Å². The van der Waals surface area contributed by atoms with E-state index in [9.17, 15) is 0 Å². The smallest absolute Gasteiger partial charge is 0.124 e. The van der Waals surface area contributed by atoms with E-state index in [2.05, 4.69) is 27.6 Å². The van der Waals surface area contributed by atoms with Crippen LogP contribution in [0.2, 0.25) is 0 Å². The molecule has 0 saturated heterocycles.